The van der Waals surface area contributed by atoms with Crippen molar-refractivity contribution in [1.82, 2.24) is 9.80 Å². The first-order valence-corrected chi connectivity index (χ1v) is 7.96. The molecule has 2 atom stereocenters. The molecule has 2 fully saturated rings. The zero-order valence-electron chi connectivity index (χ0n) is 12.8. The van der Waals surface area contributed by atoms with Crippen molar-refractivity contribution < 1.29 is 0 Å². The fourth-order valence-electron chi connectivity index (χ4n) is 3.55. The van der Waals surface area contributed by atoms with Gasteiger partial charge in [-0.1, -0.05) is 24.3 Å². The van der Waals surface area contributed by atoms with E-state index in [9.17, 15) is 0 Å². The second-order valence-electron chi connectivity index (χ2n) is 6.46. The maximum absolute atomic E-state index is 6.32. The molecule has 0 bridgehead atoms. The van der Waals surface area contributed by atoms with Crippen LogP contribution < -0.4 is 5.73 Å². The molecule has 1 aromatic rings. The van der Waals surface area contributed by atoms with E-state index < -0.39 is 0 Å². The standard InChI is InChI=1S/C17H27N3/c1-13-5-3-4-6-16(13)17(14(2)18)20-11-9-19(10-12-20)15-7-8-15/h3-6,14-15,17H,7-12,18H2,1-2H3. The quantitative estimate of drug-likeness (QED) is 0.912. The lowest BCUT2D eigenvalue weighted by atomic mass is 9.94. The number of hydrogen-bond acceptors (Lipinski definition) is 3. The van der Waals surface area contributed by atoms with Crippen LogP contribution in [-0.4, -0.2) is 48.1 Å². The summed E-state index contributed by atoms with van der Waals surface area (Å²) in [6.45, 7) is 9.06. The van der Waals surface area contributed by atoms with E-state index in [1.165, 1.54) is 37.1 Å². The number of aryl methyl sites for hydroxylation is 1. The third-order valence-corrected chi connectivity index (χ3v) is 4.81. The number of nitrogens with zero attached hydrogens (tertiary/aromatic N) is 2. The molecule has 1 aromatic carbocycles. The van der Waals surface area contributed by atoms with E-state index in [0.29, 0.717) is 6.04 Å². The van der Waals surface area contributed by atoms with Gasteiger partial charge in [0.2, 0.25) is 0 Å². The van der Waals surface area contributed by atoms with Crippen molar-refractivity contribution in [3.63, 3.8) is 0 Å². The molecule has 2 N–H and O–H groups in total. The van der Waals surface area contributed by atoms with E-state index in [-0.39, 0.29) is 6.04 Å². The van der Waals surface area contributed by atoms with Crippen LogP contribution in [0, 0.1) is 6.92 Å². The van der Waals surface area contributed by atoms with Crippen molar-refractivity contribution in [2.75, 3.05) is 26.2 Å². The molecule has 3 rings (SSSR count). The summed E-state index contributed by atoms with van der Waals surface area (Å²) in [5.74, 6) is 0. The van der Waals surface area contributed by atoms with Crippen molar-refractivity contribution in [2.45, 2.75) is 44.8 Å². The van der Waals surface area contributed by atoms with Crippen LogP contribution in [0.3, 0.4) is 0 Å². The minimum Gasteiger partial charge on any atom is -0.326 e. The molecule has 110 valence electrons. The Kier molecular flexibility index (Phi) is 4.11. The molecule has 0 aromatic heterocycles. The summed E-state index contributed by atoms with van der Waals surface area (Å²) in [6.07, 6.45) is 2.82. The molecule has 1 saturated heterocycles. The van der Waals surface area contributed by atoms with E-state index in [4.69, 9.17) is 5.73 Å². The first kappa shape index (κ1) is 14.1. The first-order chi connectivity index (χ1) is 9.66. The predicted octanol–water partition coefficient (Wildman–Crippen LogP) is 2.16. The zero-order valence-corrected chi connectivity index (χ0v) is 12.8. The fourth-order valence-corrected chi connectivity index (χ4v) is 3.55. The summed E-state index contributed by atoms with van der Waals surface area (Å²) >= 11 is 0. The summed E-state index contributed by atoms with van der Waals surface area (Å²) in [5.41, 5.74) is 9.09. The largest absolute Gasteiger partial charge is 0.326 e. The van der Waals surface area contributed by atoms with Crippen molar-refractivity contribution in [3.05, 3.63) is 35.4 Å². The number of nitrogens with two attached hydrogens (primary N) is 1. The van der Waals surface area contributed by atoms with Gasteiger partial charge in [-0.25, -0.2) is 0 Å². The Hall–Kier alpha value is -0.900. The van der Waals surface area contributed by atoms with Crippen LogP contribution in [0.2, 0.25) is 0 Å². The van der Waals surface area contributed by atoms with Gasteiger partial charge >= 0.3 is 0 Å². The highest BCUT2D eigenvalue weighted by Gasteiger charge is 2.34. The maximum Gasteiger partial charge on any atom is 0.0500 e. The van der Waals surface area contributed by atoms with Crippen molar-refractivity contribution in [3.8, 4) is 0 Å². The number of piperazine rings is 1. The summed E-state index contributed by atoms with van der Waals surface area (Å²) in [4.78, 5) is 5.25. The molecule has 20 heavy (non-hydrogen) atoms. The molecular weight excluding hydrogens is 246 g/mol. The van der Waals surface area contributed by atoms with Gasteiger partial charge in [0.1, 0.15) is 0 Å². The molecule has 2 unspecified atom stereocenters. The summed E-state index contributed by atoms with van der Waals surface area (Å²) < 4.78 is 0. The van der Waals surface area contributed by atoms with E-state index in [1.54, 1.807) is 0 Å². The maximum atomic E-state index is 6.32. The van der Waals surface area contributed by atoms with Crippen LogP contribution in [0.5, 0.6) is 0 Å². The lowest BCUT2D eigenvalue weighted by Gasteiger charge is -2.41. The molecule has 1 heterocycles. The summed E-state index contributed by atoms with van der Waals surface area (Å²) in [7, 11) is 0. The first-order valence-electron chi connectivity index (χ1n) is 7.96. The van der Waals surface area contributed by atoms with Crippen LogP contribution in [0.15, 0.2) is 24.3 Å². The van der Waals surface area contributed by atoms with Gasteiger partial charge in [-0.2, -0.15) is 0 Å². The van der Waals surface area contributed by atoms with Crippen LogP contribution in [-0.2, 0) is 0 Å². The molecule has 0 radical (unpaired) electrons. The lowest BCUT2D eigenvalue weighted by Crippen LogP contribution is -2.51. The van der Waals surface area contributed by atoms with Crippen LogP contribution in [0.25, 0.3) is 0 Å². The number of rotatable bonds is 4. The monoisotopic (exact) mass is 273 g/mol. The Balaban J connectivity index is 1.73. The molecule has 1 saturated carbocycles. The molecule has 3 nitrogen and oxygen atoms in total. The Morgan fingerprint density at radius 3 is 2.30 bits per heavy atom. The number of hydrogen-bond donors (Lipinski definition) is 1. The summed E-state index contributed by atoms with van der Waals surface area (Å²) in [6, 6.07) is 10.1. The third-order valence-electron chi connectivity index (χ3n) is 4.81. The molecule has 1 aliphatic carbocycles. The smallest absolute Gasteiger partial charge is 0.0500 e. The molecule has 3 heteroatoms. The minimum atomic E-state index is 0.170. The van der Waals surface area contributed by atoms with Crippen molar-refractivity contribution in [1.29, 1.82) is 0 Å². The van der Waals surface area contributed by atoms with Gasteiger partial charge in [-0.15, -0.1) is 0 Å². The van der Waals surface area contributed by atoms with Gasteiger partial charge in [-0.05, 0) is 37.8 Å². The van der Waals surface area contributed by atoms with Gasteiger partial charge < -0.3 is 5.73 Å². The van der Waals surface area contributed by atoms with E-state index in [0.717, 1.165) is 19.1 Å². The molecule has 0 spiro atoms. The third kappa shape index (κ3) is 2.90. The van der Waals surface area contributed by atoms with Gasteiger partial charge in [0.15, 0.2) is 0 Å². The molecule has 0 amide bonds. The highest BCUT2D eigenvalue weighted by Crippen LogP contribution is 2.31. The predicted molar refractivity (Wildman–Crippen MR) is 83.7 cm³/mol. The normalized spacial score (nSPS) is 24.6. The van der Waals surface area contributed by atoms with Crippen molar-refractivity contribution in [2.24, 2.45) is 5.73 Å². The Morgan fingerprint density at radius 1 is 1.10 bits per heavy atom. The van der Waals surface area contributed by atoms with E-state index in [2.05, 4.69) is 47.9 Å². The Morgan fingerprint density at radius 2 is 1.75 bits per heavy atom. The molecule has 1 aliphatic heterocycles. The van der Waals surface area contributed by atoms with Crippen LogP contribution in [0.4, 0.5) is 0 Å². The Labute approximate surface area is 122 Å². The van der Waals surface area contributed by atoms with Gasteiger partial charge in [0, 0.05) is 44.3 Å². The second kappa shape index (κ2) is 5.84. The molecule has 2 aliphatic rings. The molecular formula is C17H27N3. The van der Waals surface area contributed by atoms with Crippen LogP contribution >= 0.6 is 0 Å². The van der Waals surface area contributed by atoms with E-state index in [1.807, 2.05) is 0 Å². The highest BCUT2D eigenvalue weighted by molar-refractivity contribution is 5.30. The Bertz CT molecular complexity index is 445. The summed E-state index contributed by atoms with van der Waals surface area (Å²) in [5, 5.41) is 0. The van der Waals surface area contributed by atoms with Crippen molar-refractivity contribution >= 4 is 0 Å². The number of benzene rings is 1. The SMILES string of the molecule is Cc1ccccc1C(C(C)N)N1CCN(C2CC2)CC1. The minimum absolute atomic E-state index is 0.170. The lowest BCUT2D eigenvalue weighted by molar-refractivity contribution is 0.0823. The topological polar surface area (TPSA) is 32.5 Å². The van der Waals surface area contributed by atoms with E-state index >= 15 is 0 Å². The average molecular weight is 273 g/mol. The zero-order chi connectivity index (χ0) is 14.1. The van der Waals surface area contributed by atoms with Gasteiger partial charge in [0.25, 0.3) is 0 Å². The second-order valence-corrected chi connectivity index (χ2v) is 6.46. The average Bonchev–Trinajstić information content (AvgIpc) is 3.26. The van der Waals surface area contributed by atoms with Gasteiger partial charge in [-0.3, -0.25) is 9.80 Å². The highest BCUT2D eigenvalue weighted by atomic mass is 15.3. The van der Waals surface area contributed by atoms with Gasteiger partial charge in [0.05, 0.1) is 0 Å². The fraction of sp³-hybridized carbons (Fsp3) is 0.647. The van der Waals surface area contributed by atoms with Crippen LogP contribution in [0.1, 0.15) is 36.9 Å².